The molecular formula is C22H19N5O2. The van der Waals surface area contributed by atoms with Crippen molar-refractivity contribution in [3.8, 4) is 5.82 Å². The Kier molecular flexibility index (Phi) is 5.03. The van der Waals surface area contributed by atoms with E-state index in [2.05, 4.69) is 32.7 Å². The van der Waals surface area contributed by atoms with Gasteiger partial charge < -0.3 is 5.32 Å². The number of para-hydroxylation sites is 1. The molecule has 0 unspecified atom stereocenters. The van der Waals surface area contributed by atoms with Gasteiger partial charge in [-0.2, -0.15) is 10.2 Å². The molecule has 2 aromatic carbocycles. The van der Waals surface area contributed by atoms with Gasteiger partial charge in [-0.05, 0) is 36.6 Å². The van der Waals surface area contributed by atoms with Crippen molar-refractivity contribution < 1.29 is 4.79 Å². The molecule has 1 amide bonds. The Balaban J connectivity index is 1.58. The number of amides is 1. The summed E-state index contributed by atoms with van der Waals surface area (Å²) in [7, 11) is 0. The number of carbonyl (C=O) groups excluding carboxylic acids is 1. The lowest BCUT2D eigenvalue weighted by atomic mass is 10.0. The number of anilines is 1. The van der Waals surface area contributed by atoms with E-state index >= 15 is 0 Å². The maximum absolute atomic E-state index is 12.9. The second-order valence-corrected chi connectivity index (χ2v) is 6.61. The Bertz CT molecular complexity index is 1190. The smallest absolute Gasteiger partial charge is 0.264 e. The van der Waals surface area contributed by atoms with Crippen LogP contribution >= 0.6 is 0 Å². The van der Waals surface area contributed by atoms with E-state index in [4.69, 9.17) is 0 Å². The van der Waals surface area contributed by atoms with Crippen molar-refractivity contribution in [3.05, 3.63) is 106 Å². The highest BCUT2D eigenvalue weighted by Gasteiger charge is 2.17. The summed E-state index contributed by atoms with van der Waals surface area (Å²) >= 11 is 0. The van der Waals surface area contributed by atoms with Crippen molar-refractivity contribution in [2.24, 2.45) is 0 Å². The second kappa shape index (κ2) is 7.93. The number of benzene rings is 2. The molecule has 0 aliphatic carbocycles. The average molecular weight is 385 g/mol. The summed E-state index contributed by atoms with van der Waals surface area (Å²) in [5.74, 6) is 0.185. The predicted molar refractivity (Wildman–Crippen MR) is 110 cm³/mol. The third kappa shape index (κ3) is 3.98. The summed E-state index contributed by atoms with van der Waals surface area (Å²) in [4.78, 5) is 24.1. The Hall–Kier alpha value is -4.00. The minimum Gasteiger partial charge on any atom is -0.322 e. The Morgan fingerprint density at radius 3 is 2.55 bits per heavy atom. The predicted octanol–water partition coefficient (Wildman–Crippen LogP) is 3.11. The van der Waals surface area contributed by atoms with Crippen LogP contribution in [0.5, 0.6) is 0 Å². The molecule has 0 saturated carbocycles. The van der Waals surface area contributed by atoms with E-state index in [1.54, 1.807) is 13.0 Å². The van der Waals surface area contributed by atoms with Gasteiger partial charge in [-0.1, -0.05) is 48.5 Å². The molecule has 0 fully saturated rings. The first-order chi connectivity index (χ1) is 14.1. The summed E-state index contributed by atoms with van der Waals surface area (Å²) in [5.41, 5.74) is 3.72. The summed E-state index contributed by atoms with van der Waals surface area (Å²) in [6, 6.07) is 20.8. The van der Waals surface area contributed by atoms with Crippen molar-refractivity contribution in [2.75, 3.05) is 5.32 Å². The lowest BCUT2D eigenvalue weighted by Crippen LogP contribution is -2.15. The van der Waals surface area contributed by atoms with Gasteiger partial charge >= 0.3 is 0 Å². The molecule has 0 spiro atoms. The lowest BCUT2D eigenvalue weighted by molar-refractivity contribution is 0.102. The number of aromatic amines is 1. The van der Waals surface area contributed by atoms with E-state index in [0.717, 1.165) is 17.7 Å². The minimum atomic E-state index is -0.299. The SMILES string of the molecule is Cc1c(C(=O)Nc2ccccc2Cc2ccccc2)cnn1-c1ccc(=O)[nH]n1. The quantitative estimate of drug-likeness (QED) is 0.552. The van der Waals surface area contributed by atoms with Crippen LogP contribution in [0, 0.1) is 6.92 Å². The van der Waals surface area contributed by atoms with Gasteiger partial charge in [0.05, 0.1) is 17.5 Å². The highest BCUT2D eigenvalue weighted by Crippen LogP contribution is 2.21. The third-order valence-corrected chi connectivity index (χ3v) is 4.64. The summed E-state index contributed by atoms with van der Waals surface area (Å²) in [6.07, 6.45) is 2.22. The van der Waals surface area contributed by atoms with Crippen molar-refractivity contribution in [2.45, 2.75) is 13.3 Å². The van der Waals surface area contributed by atoms with Crippen LogP contribution in [-0.2, 0) is 6.42 Å². The van der Waals surface area contributed by atoms with Gasteiger partial charge in [-0.25, -0.2) is 9.78 Å². The highest BCUT2D eigenvalue weighted by molar-refractivity contribution is 6.05. The van der Waals surface area contributed by atoms with Gasteiger partial charge in [0.1, 0.15) is 0 Å². The van der Waals surface area contributed by atoms with Gasteiger partial charge in [0.15, 0.2) is 5.82 Å². The fraction of sp³-hybridized carbons (Fsp3) is 0.0909. The third-order valence-electron chi connectivity index (χ3n) is 4.64. The molecule has 0 bridgehead atoms. The molecule has 2 N–H and O–H groups in total. The van der Waals surface area contributed by atoms with Crippen LogP contribution in [0.25, 0.3) is 5.82 Å². The van der Waals surface area contributed by atoms with Crippen molar-refractivity contribution >= 4 is 11.6 Å². The average Bonchev–Trinajstić information content (AvgIpc) is 3.12. The van der Waals surface area contributed by atoms with Gasteiger partial charge in [0.25, 0.3) is 11.5 Å². The first kappa shape index (κ1) is 18.4. The number of rotatable bonds is 5. The Labute approximate surface area is 167 Å². The number of aromatic nitrogens is 4. The standard InChI is InChI=1S/C22H19N5O2/c1-15-18(14-23-27(15)20-11-12-21(28)26-25-20)22(29)24-19-10-6-5-9-17(19)13-16-7-3-2-4-8-16/h2-12,14H,13H2,1H3,(H,24,29)(H,26,28). The maximum atomic E-state index is 12.9. The zero-order valence-corrected chi connectivity index (χ0v) is 15.8. The van der Waals surface area contributed by atoms with Crippen LogP contribution < -0.4 is 10.9 Å². The maximum Gasteiger partial charge on any atom is 0.264 e. The molecule has 144 valence electrons. The summed E-state index contributed by atoms with van der Waals surface area (Å²) in [6.45, 7) is 1.78. The highest BCUT2D eigenvalue weighted by atomic mass is 16.1. The summed E-state index contributed by atoms with van der Waals surface area (Å²) < 4.78 is 1.51. The number of hydrogen-bond acceptors (Lipinski definition) is 4. The molecule has 29 heavy (non-hydrogen) atoms. The molecule has 0 aliphatic rings. The zero-order chi connectivity index (χ0) is 20.2. The number of nitrogens with zero attached hydrogens (tertiary/aromatic N) is 3. The van der Waals surface area contributed by atoms with Crippen LogP contribution in [0.1, 0.15) is 27.2 Å². The number of carbonyl (C=O) groups is 1. The van der Waals surface area contributed by atoms with Crippen molar-refractivity contribution in [3.63, 3.8) is 0 Å². The molecule has 0 radical (unpaired) electrons. The monoisotopic (exact) mass is 385 g/mol. The van der Waals surface area contributed by atoms with Gasteiger partial charge in [-0.3, -0.25) is 9.59 Å². The minimum absolute atomic E-state index is 0.251. The van der Waals surface area contributed by atoms with Crippen LogP contribution in [0.3, 0.4) is 0 Å². The molecule has 0 saturated heterocycles. The van der Waals surface area contributed by atoms with Crippen LogP contribution in [0.4, 0.5) is 5.69 Å². The fourth-order valence-electron chi connectivity index (χ4n) is 3.12. The molecule has 0 atom stereocenters. The van der Waals surface area contributed by atoms with Crippen molar-refractivity contribution in [1.82, 2.24) is 20.0 Å². The molecule has 2 heterocycles. The topological polar surface area (TPSA) is 92.7 Å². The first-order valence-electron chi connectivity index (χ1n) is 9.16. The summed E-state index contributed by atoms with van der Waals surface area (Å²) in [5, 5.41) is 13.6. The van der Waals surface area contributed by atoms with E-state index in [0.29, 0.717) is 17.1 Å². The van der Waals surface area contributed by atoms with Gasteiger partial charge in [-0.15, -0.1) is 0 Å². The van der Waals surface area contributed by atoms with Crippen molar-refractivity contribution in [1.29, 1.82) is 0 Å². The van der Waals surface area contributed by atoms with E-state index in [-0.39, 0.29) is 11.5 Å². The fourth-order valence-corrected chi connectivity index (χ4v) is 3.12. The zero-order valence-electron chi connectivity index (χ0n) is 15.8. The van der Waals surface area contributed by atoms with E-state index in [9.17, 15) is 9.59 Å². The van der Waals surface area contributed by atoms with Crippen LogP contribution in [0.2, 0.25) is 0 Å². The van der Waals surface area contributed by atoms with Gasteiger partial charge in [0, 0.05) is 11.8 Å². The lowest BCUT2D eigenvalue weighted by Gasteiger charge is -2.11. The molecule has 0 aliphatic heterocycles. The van der Waals surface area contributed by atoms with E-state index in [1.807, 2.05) is 42.5 Å². The Morgan fingerprint density at radius 2 is 1.79 bits per heavy atom. The largest absolute Gasteiger partial charge is 0.322 e. The molecule has 2 aromatic heterocycles. The molecular weight excluding hydrogens is 366 g/mol. The molecule has 7 heteroatoms. The van der Waals surface area contributed by atoms with Gasteiger partial charge in [0.2, 0.25) is 0 Å². The molecule has 4 rings (SSSR count). The van der Waals surface area contributed by atoms with E-state index < -0.39 is 0 Å². The van der Waals surface area contributed by atoms with E-state index in [1.165, 1.54) is 22.5 Å². The Morgan fingerprint density at radius 1 is 1.03 bits per heavy atom. The first-order valence-corrected chi connectivity index (χ1v) is 9.16. The number of nitrogens with one attached hydrogen (secondary N) is 2. The normalized spacial score (nSPS) is 10.7. The molecule has 7 nitrogen and oxygen atoms in total. The molecule has 4 aromatic rings. The number of H-pyrrole nitrogens is 1. The van der Waals surface area contributed by atoms with Crippen LogP contribution in [-0.4, -0.2) is 25.9 Å². The number of hydrogen-bond donors (Lipinski definition) is 2. The second-order valence-electron chi connectivity index (χ2n) is 6.61. The van der Waals surface area contributed by atoms with Crippen LogP contribution in [0.15, 0.2) is 77.7 Å².